The summed E-state index contributed by atoms with van der Waals surface area (Å²) in [5, 5.41) is 9.74. The van der Waals surface area contributed by atoms with Crippen LogP contribution in [0.5, 0.6) is 0 Å². The predicted molar refractivity (Wildman–Crippen MR) is 114 cm³/mol. The standard InChI is InChI=1S/C23H24N4O3/c1-15(28)24-19-11-9-16(10-12-19)13-21(29)25-20-8-4-7-18(14-20)22-26-23(30-27-22)17-5-2-3-6-17/h4,7-12,14,17H,2-3,5-6,13H2,1H3,(H,24,28)(H,25,29). The number of carbonyl (C=O) groups excluding carboxylic acids is 2. The van der Waals surface area contributed by atoms with E-state index in [0.717, 1.165) is 24.0 Å². The van der Waals surface area contributed by atoms with Gasteiger partial charge in [0, 0.05) is 29.8 Å². The van der Waals surface area contributed by atoms with Crippen LogP contribution < -0.4 is 10.6 Å². The molecule has 3 aromatic rings. The number of rotatable bonds is 6. The van der Waals surface area contributed by atoms with E-state index < -0.39 is 0 Å². The molecule has 7 nitrogen and oxygen atoms in total. The topological polar surface area (TPSA) is 97.1 Å². The van der Waals surface area contributed by atoms with E-state index in [0.29, 0.717) is 29.0 Å². The van der Waals surface area contributed by atoms with Gasteiger partial charge in [-0.25, -0.2) is 0 Å². The minimum absolute atomic E-state index is 0.126. The highest BCUT2D eigenvalue weighted by molar-refractivity contribution is 5.93. The van der Waals surface area contributed by atoms with Gasteiger partial charge < -0.3 is 15.2 Å². The molecule has 7 heteroatoms. The molecule has 0 spiro atoms. The first kappa shape index (κ1) is 19.8. The highest BCUT2D eigenvalue weighted by Gasteiger charge is 2.23. The SMILES string of the molecule is CC(=O)Nc1ccc(CC(=O)Nc2cccc(-c3noc(C4CCCC4)n3)c2)cc1. The number of hydrogen-bond acceptors (Lipinski definition) is 5. The summed E-state index contributed by atoms with van der Waals surface area (Å²) in [6.45, 7) is 1.46. The number of aromatic nitrogens is 2. The zero-order valence-corrected chi connectivity index (χ0v) is 16.9. The molecule has 1 heterocycles. The van der Waals surface area contributed by atoms with E-state index in [4.69, 9.17) is 4.52 Å². The van der Waals surface area contributed by atoms with Crippen molar-refractivity contribution >= 4 is 23.2 Å². The van der Waals surface area contributed by atoms with Gasteiger partial charge in [-0.05, 0) is 42.7 Å². The van der Waals surface area contributed by atoms with E-state index in [1.807, 2.05) is 36.4 Å². The van der Waals surface area contributed by atoms with Crippen LogP contribution in [0.3, 0.4) is 0 Å². The molecule has 0 bridgehead atoms. The van der Waals surface area contributed by atoms with Gasteiger partial charge in [-0.2, -0.15) is 4.98 Å². The fraction of sp³-hybridized carbons (Fsp3) is 0.304. The van der Waals surface area contributed by atoms with Gasteiger partial charge in [-0.3, -0.25) is 9.59 Å². The molecule has 0 unspecified atom stereocenters. The zero-order valence-electron chi connectivity index (χ0n) is 16.9. The van der Waals surface area contributed by atoms with E-state index >= 15 is 0 Å². The molecule has 0 saturated heterocycles. The summed E-state index contributed by atoms with van der Waals surface area (Å²) in [7, 11) is 0. The third-order valence-corrected chi connectivity index (χ3v) is 5.19. The number of nitrogens with one attached hydrogen (secondary N) is 2. The maximum atomic E-state index is 12.4. The number of hydrogen-bond donors (Lipinski definition) is 2. The Morgan fingerprint density at radius 1 is 1.03 bits per heavy atom. The van der Waals surface area contributed by atoms with Crippen molar-refractivity contribution in [3.63, 3.8) is 0 Å². The van der Waals surface area contributed by atoms with Crippen molar-refractivity contribution < 1.29 is 14.1 Å². The molecule has 1 fully saturated rings. The van der Waals surface area contributed by atoms with E-state index in [1.165, 1.54) is 19.8 Å². The quantitative estimate of drug-likeness (QED) is 0.629. The molecule has 2 N–H and O–H groups in total. The molecule has 30 heavy (non-hydrogen) atoms. The first-order chi connectivity index (χ1) is 14.6. The molecule has 1 aromatic heterocycles. The Hall–Kier alpha value is -3.48. The Kier molecular flexibility index (Phi) is 5.88. The second kappa shape index (κ2) is 8.90. The lowest BCUT2D eigenvalue weighted by Crippen LogP contribution is -2.14. The number of anilines is 2. The van der Waals surface area contributed by atoms with Crippen LogP contribution in [0.4, 0.5) is 11.4 Å². The van der Waals surface area contributed by atoms with Crippen molar-refractivity contribution in [2.75, 3.05) is 10.6 Å². The third-order valence-electron chi connectivity index (χ3n) is 5.19. The van der Waals surface area contributed by atoms with Gasteiger partial charge in [0.2, 0.25) is 23.5 Å². The van der Waals surface area contributed by atoms with Crippen molar-refractivity contribution in [2.24, 2.45) is 0 Å². The van der Waals surface area contributed by atoms with E-state index in [9.17, 15) is 9.59 Å². The summed E-state index contributed by atoms with van der Waals surface area (Å²) < 4.78 is 5.46. The van der Waals surface area contributed by atoms with Gasteiger partial charge in [-0.1, -0.05) is 42.3 Å². The lowest BCUT2D eigenvalue weighted by molar-refractivity contribution is -0.116. The zero-order chi connectivity index (χ0) is 20.9. The minimum Gasteiger partial charge on any atom is -0.339 e. The molecule has 1 aliphatic carbocycles. The molecule has 4 rings (SSSR count). The molecule has 1 aliphatic rings. The normalized spacial score (nSPS) is 13.9. The van der Waals surface area contributed by atoms with Gasteiger partial charge >= 0.3 is 0 Å². The highest BCUT2D eigenvalue weighted by atomic mass is 16.5. The third kappa shape index (κ3) is 4.92. The Morgan fingerprint density at radius 2 is 1.80 bits per heavy atom. The van der Waals surface area contributed by atoms with Crippen LogP contribution in [0.15, 0.2) is 53.1 Å². The van der Waals surface area contributed by atoms with E-state index in [1.54, 1.807) is 12.1 Å². The van der Waals surface area contributed by atoms with Crippen LogP contribution in [-0.2, 0) is 16.0 Å². The second-order valence-corrected chi connectivity index (χ2v) is 7.62. The van der Waals surface area contributed by atoms with Crippen LogP contribution in [0.1, 0.15) is 50.0 Å². The van der Waals surface area contributed by atoms with Gasteiger partial charge in [0.25, 0.3) is 0 Å². The van der Waals surface area contributed by atoms with Crippen LogP contribution in [-0.4, -0.2) is 22.0 Å². The lowest BCUT2D eigenvalue weighted by Gasteiger charge is -2.07. The van der Waals surface area contributed by atoms with Gasteiger partial charge in [0.1, 0.15) is 0 Å². The number of benzene rings is 2. The summed E-state index contributed by atoms with van der Waals surface area (Å²) in [5.74, 6) is 1.36. The summed E-state index contributed by atoms with van der Waals surface area (Å²) in [5.41, 5.74) is 3.05. The summed E-state index contributed by atoms with van der Waals surface area (Å²) >= 11 is 0. The fourth-order valence-electron chi connectivity index (χ4n) is 3.73. The maximum absolute atomic E-state index is 12.4. The number of nitrogens with zero attached hydrogens (tertiary/aromatic N) is 2. The van der Waals surface area contributed by atoms with Crippen molar-refractivity contribution in [3.8, 4) is 11.4 Å². The van der Waals surface area contributed by atoms with Crippen LogP contribution >= 0.6 is 0 Å². The second-order valence-electron chi connectivity index (χ2n) is 7.62. The van der Waals surface area contributed by atoms with Crippen molar-refractivity contribution in [1.82, 2.24) is 10.1 Å². The number of carbonyl (C=O) groups is 2. The Morgan fingerprint density at radius 3 is 2.53 bits per heavy atom. The summed E-state index contributed by atoms with van der Waals surface area (Å²) in [4.78, 5) is 28.1. The Labute approximate surface area is 174 Å². The maximum Gasteiger partial charge on any atom is 0.230 e. The van der Waals surface area contributed by atoms with Crippen LogP contribution in [0, 0.1) is 0 Å². The summed E-state index contributed by atoms with van der Waals surface area (Å²) in [6.07, 6.45) is 4.85. The molecule has 2 aromatic carbocycles. The van der Waals surface area contributed by atoms with Gasteiger partial charge in [0.05, 0.1) is 6.42 Å². The van der Waals surface area contributed by atoms with E-state index in [-0.39, 0.29) is 18.2 Å². The van der Waals surface area contributed by atoms with Crippen molar-refractivity contribution in [3.05, 3.63) is 60.0 Å². The monoisotopic (exact) mass is 404 g/mol. The number of amides is 2. The molecule has 1 saturated carbocycles. The predicted octanol–water partition coefficient (Wildman–Crippen LogP) is 4.53. The largest absolute Gasteiger partial charge is 0.339 e. The first-order valence-electron chi connectivity index (χ1n) is 10.2. The molecule has 0 aliphatic heterocycles. The molecule has 2 amide bonds. The Bertz CT molecular complexity index is 1040. The molecular formula is C23H24N4O3. The summed E-state index contributed by atoms with van der Waals surface area (Å²) in [6, 6.07) is 14.7. The molecule has 0 atom stereocenters. The average molecular weight is 404 g/mol. The highest BCUT2D eigenvalue weighted by Crippen LogP contribution is 2.34. The lowest BCUT2D eigenvalue weighted by atomic mass is 10.1. The van der Waals surface area contributed by atoms with Crippen molar-refractivity contribution in [2.45, 2.75) is 44.9 Å². The van der Waals surface area contributed by atoms with Gasteiger partial charge in [0.15, 0.2) is 0 Å². The molecular weight excluding hydrogens is 380 g/mol. The Balaban J connectivity index is 1.39. The van der Waals surface area contributed by atoms with Crippen LogP contribution in [0.2, 0.25) is 0 Å². The fourth-order valence-corrected chi connectivity index (χ4v) is 3.73. The van der Waals surface area contributed by atoms with Crippen molar-refractivity contribution in [1.29, 1.82) is 0 Å². The van der Waals surface area contributed by atoms with E-state index in [2.05, 4.69) is 20.8 Å². The molecule has 0 radical (unpaired) electrons. The average Bonchev–Trinajstić information content (AvgIpc) is 3.41. The van der Waals surface area contributed by atoms with Crippen LogP contribution in [0.25, 0.3) is 11.4 Å². The first-order valence-corrected chi connectivity index (χ1v) is 10.2. The smallest absolute Gasteiger partial charge is 0.230 e. The minimum atomic E-state index is -0.127. The van der Waals surface area contributed by atoms with Gasteiger partial charge in [-0.15, -0.1) is 0 Å². The molecule has 154 valence electrons.